The minimum absolute atomic E-state index is 0.0134. The van der Waals surface area contributed by atoms with Gasteiger partial charge >= 0.3 is 0 Å². The topological polar surface area (TPSA) is 175 Å². The van der Waals surface area contributed by atoms with Gasteiger partial charge in [-0.25, -0.2) is 14.5 Å². The first-order valence-electron chi connectivity index (χ1n) is 22.7. The Kier molecular flexibility index (Phi) is 14.5. The van der Waals surface area contributed by atoms with Crippen LogP contribution in [0.2, 0.25) is 0 Å². The molecule has 1 unspecified atom stereocenters. The molecule has 5 amide bonds. The summed E-state index contributed by atoms with van der Waals surface area (Å²) < 4.78 is 15.1. The number of aromatic nitrogens is 3. The van der Waals surface area contributed by atoms with E-state index in [1.165, 1.54) is 6.07 Å². The van der Waals surface area contributed by atoms with E-state index in [1.807, 2.05) is 30.0 Å². The van der Waals surface area contributed by atoms with Crippen LogP contribution in [0.4, 0.5) is 10.1 Å². The number of hydrogen-bond acceptors (Lipinski definition) is 10. The second-order valence-electron chi connectivity index (χ2n) is 17.5. The molecule has 16 nitrogen and oxygen atoms in total. The number of rotatable bonds is 12. The van der Waals surface area contributed by atoms with E-state index >= 15 is 4.39 Å². The smallest absolute Gasteiger partial charge is 0.274 e. The maximum atomic E-state index is 15.1. The van der Waals surface area contributed by atoms with Crippen LogP contribution in [0, 0.1) is 11.7 Å². The van der Waals surface area contributed by atoms with E-state index in [0.29, 0.717) is 112 Å². The summed E-state index contributed by atoms with van der Waals surface area (Å²) in [5, 5.41) is 10.7. The number of carbonyl (C=O) groups is 5. The zero-order valence-electron chi connectivity index (χ0n) is 36.8. The highest BCUT2D eigenvalue weighted by Crippen LogP contribution is 2.31. The first-order valence-corrected chi connectivity index (χ1v) is 23.2. The van der Waals surface area contributed by atoms with Crippen LogP contribution in [0.25, 0.3) is 10.8 Å². The zero-order chi connectivity index (χ0) is 45.6. The molecule has 6 heterocycles. The van der Waals surface area contributed by atoms with Gasteiger partial charge in [-0.05, 0) is 67.5 Å². The molecule has 8 rings (SSSR count). The number of halogens is 2. The standard InChI is InChI=1S/C47H56ClFN10O6/c1-2-56-29-33(8-10-42(56)61)34-25-40(51-41(60)26-48)44(50-27-34)47(65)58-13-11-31(12-14-58)28-54-15-17-55(18-16-54)30-43(62)57-19-21-59(22-20-57)46(64)37-23-32(7-9-38(37)49)24-39-35-5-3-4-6-36(35)45(63)53-52-39/h3-7,9,23,25,27,31,33H,2,8,10-22,24,26,28-30H2,1H3,(H,51,60)(H,53,63). The highest BCUT2D eigenvalue weighted by atomic mass is 35.5. The lowest BCUT2D eigenvalue weighted by atomic mass is 9.90. The predicted molar refractivity (Wildman–Crippen MR) is 243 cm³/mol. The monoisotopic (exact) mass is 910 g/mol. The molecule has 2 aromatic heterocycles. The third kappa shape index (κ3) is 10.7. The van der Waals surface area contributed by atoms with E-state index in [1.54, 1.807) is 45.2 Å². The van der Waals surface area contributed by atoms with Gasteiger partial charge in [0.15, 0.2) is 5.69 Å². The number of pyridine rings is 1. The van der Waals surface area contributed by atoms with Crippen molar-refractivity contribution in [2.45, 2.75) is 44.9 Å². The molecule has 4 aliphatic heterocycles. The van der Waals surface area contributed by atoms with Crippen molar-refractivity contribution in [1.29, 1.82) is 0 Å². The number of likely N-dealkylation sites (tertiary alicyclic amines) is 2. The van der Waals surface area contributed by atoms with Crippen LogP contribution in [0.3, 0.4) is 0 Å². The maximum Gasteiger partial charge on any atom is 0.274 e. The number of piperidine rings is 2. The lowest BCUT2D eigenvalue weighted by Gasteiger charge is -2.40. The fourth-order valence-electron chi connectivity index (χ4n) is 9.58. The number of benzene rings is 2. The summed E-state index contributed by atoms with van der Waals surface area (Å²) >= 11 is 5.83. The van der Waals surface area contributed by atoms with Crippen molar-refractivity contribution in [3.63, 3.8) is 0 Å². The lowest BCUT2D eigenvalue weighted by molar-refractivity contribution is -0.134. The van der Waals surface area contributed by atoms with Crippen LogP contribution in [-0.4, -0.2) is 172 Å². The Bertz CT molecular complexity index is 2480. The van der Waals surface area contributed by atoms with Gasteiger partial charge in [0.1, 0.15) is 11.7 Å². The van der Waals surface area contributed by atoms with Crippen molar-refractivity contribution in [2.75, 3.05) is 103 Å². The zero-order valence-corrected chi connectivity index (χ0v) is 37.5. The first kappa shape index (κ1) is 45.8. The summed E-state index contributed by atoms with van der Waals surface area (Å²) in [5.41, 5.74) is 2.39. The van der Waals surface area contributed by atoms with E-state index in [0.717, 1.165) is 51.1 Å². The van der Waals surface area contributed by atoms with Crippen LogP contribution in [0.5, 0.6) is 0 Å². The molecule has 4 aromatic rings. The van der Waals surface area contributed by atoms with E-state index in [4.69, 9.17) is 11.6 Å². The maximum absolute atomic E-state index is 15.1. The quantitative estimate of drug-likeness (QED) is 0.201. The van der Waals surface area contributed by atoms with Crippen molar-refractivity contribution >= 4 is 57.6 Å². The molecule has 0 aliphatic carbocycles. The molecule has 0 spiro atoms. The number of aromatic amines is 1. The van der Waals surface area contributed by atoms with E-state index in [9.17, 15) is 28.8 Å². The third-order valence-corrected chi connectivity index (χ3v) is 13.7. The van der Waals surface area contributed by atoms with Crippen molar-refractivity contribution in [1.82, 2.24) is 44.6 Å². The number of alkyl halides is 1. The van der Waals surface area contributed by atoms with Gasteiger partial charge in [0, 0.05) is 115 Å². The normalized spacial score (nSPS) is 19.2. The minimum atomic E-state index is -0.615. The largest absolute Gasteiger partial charge is 0.342 e. The Hall–Kier alpha value is -5.78. The van der Waals surface area contributed by atoms with Gasteiger partial charge in [0.05, 0.1) is 28.9 Å². The number of piperazine rings is 2. The van der Waals surface area contributed by atoms with Gasteiger partial charge in [0.2, 0.25) is 17.7 Å². The molecule has 0 saturated carbocycles. The van der Waals surface area contributed by atoms with Gasteiger partial charge in [-0.2, -0.15) is 5.10 Å². The number of anilines is 1. The van der Waals surface area contributed by atoms with Gasteiger partial charge < -0.3 is 29.8 Å². The Morgan fingerprint density at radius 3 is 2.25 bits per heavy atom. The van der Waals surface area contributed by atoms with Gasteiger partial charge in [-0.15, -0.1) is 11.6 Å². The second kappa shape index (κ2) is 20.6. The summed E-state index contributed by atoms with van der Waals surface area (Å²) in [6.45, 7) is 10.0. The van der Waals surface area contributed by atoms with Crippen molar-refractivity contribution in [3.05, 3.63) is 99.0 Å². The molecule has 4 aliphatic rings. The van der Waals surface area contributed by atoms with Crippen LogP contribution < -0.4 is 10.9 Å². The minimum Gasteiger partial charge on any atom is -0.342 e. The Balaban J connectivity index is 0.769. The van der Waals surface area contributed by atoms with Crippen LogP contribution in [-0.2, 0) is 20.8 Å². The number of amides is 5. The average Bonchev–Trinajstić information content (AvgIpc) is 3.33. The summed E-state index contributed by atoms with van der Waals surface area (Å²) in [6.07, 6.45) is 4.81. The fourth-order valence-corrected chi connectivity index (χ4v) is 9.64. The van der Waals surface area contributed by atoms with Gasteiger partial charge in [-0.3, -0.25) is 33.7 Å². The summed E-state index contributed by atoms with van der Waals surface area (Å²) in [6, 6.07) is 13.4. The SMILES string of the molecule is CCN1CC(c2cnc(C(=O)N3CCC(CN4CCN(CC(=O)N5CCN(C(=O)c6cc(Cc7n[nH]c(=O)c8ccccc78)ccc6F)CC5)CC4)CC3)c(NC(=O)CCl)c2)CCC1=O. The van der Waals surface area contributed by atoms with E-state index < -0.39 is 17.6 Å². The van der Waals surface area contributed by atoms with Gasteiger partial charge in [-0.1, -0.05) is 24.3 Å². The van der Waals surface area contributed by atoms with Crippen LogP contribution in [0.15, 0.2) is 59.5 Å². The molecule has 4 saturated heterocycles. The lowest BCUT2D eigenvalue weighted by Crippen LogP contribution is -2.55. The van der Waals surface area contributed by atoms with Gasteiger partial charge in [0.25, 0.3) is 17.4 Å². The Morgan fingerprint density at radius 2 is 1.52 bits per heavy atom. The summed E-state index contributed by atoms with van der Waals surface area (Å²) in [7, 11) is 0. The molecule has 0 bridgehead atoms. The molecule has 18 heteroatoms. The number of fused-ring (bicyclic) bond motifs is 1. The number of hydrogen-bond donors (Lipinski definition) is 2. The molecule has 0 radical (unpaired) electrons. The molecular formula is C47H56ClFN10O6. The molecule has 2 N–H and O–H groups in total. The molecule has 1 atom stereocenters. The van der Waals surface area contributed by atoms with Crippen molar-refractivity contribution in [2.24, 2.45) is 5.92 Å². The van der Waals surface area contributed by atoms with E-state index in [2.05, 4.69) is 30.3 Å². The Morgan fingerprint density at radius 1 is 0.831 bits per heavy atom. The first-order chi connectivity index (χ1) is 31.5. The number of likely N-dealkylation sites (N-methyl/N-ethyl adjacent to an activating group) is 1. The number of nitrogens with zero attached hydrogens (tertiary/aromatic N) is 8. The van der Waals surface area contributed by atoms with E-state index in [-0.39, 0.29) is 46.3 Å². The summed E-state index contributed by atoms with van der Waals surface area (Å²) in [5.74, 6) is -1.33. The molecule has 344 valence electrons. The number of carbonyl (C=O) groups excluding carboxylic acids is 5. The molecule has 4 fully saturated rings. The second-order valence-corrected chi connectivity index (χ2v) is 17.8. The average molecular weight is 911 g/mol. The Labute approximate surface area is 382 Å². The van der Waals surface area contributed by atoms with Crippen LogP contribution in [0.1, 0.15) is 76.2 Å². The molecule has 65 heavy (non-hydrogen) atoms. The fraction of sp³-hybridized carbons (Fsp3) is 0.489. The highest BCUT2D eigenvalue weighted by Gasteiger charge is 2.32. The number of nitrogens with one attached hydrogen (secondary N) is 2. The molecular weight excluding hydrogens is 855 g/mol. The van der Waals surface area contributed by atoms with Crippen molar-refractivity contribution in [3.8, 4) is 0 Å². The highest BCUT2D eigenvalue weighted by molar-refractivity contribution is 6.29. The van der Waals surface area contributed by atoms with Crippen LogP contribution >= 0.6 is 11.6 Å². The predicted octanol–water partition coefficient (Wildman–Crippen LogP) is 3.41. The van der Waals surface area contributed by atoms with Crippen molar-refractivity contribution < 1.29 is 28.4 Å². The molecule has 2 aromatic carbocycles. The third-order valence-electron chi connectivity index (χ3n) is 13.4. The number of H-pyrrole nitrogens is 1. The summed E-state index contributed by atoms with van der Waals surface area (Å²) in [4.78, 5) is 93.8.